The molecule has 0 saturated carbocycles. The first-order chi connectivity index (χ1) is 19.2. The summed E-state index contributed by atoms with van der Waals surface area (Å²) in [5.74, 6) is -2.63. The second kappa shape index (κ2) is 11.4. The highest BCUT2D eigenvalue weighted by Crippen LogP contribution is 2.39. The number of amides is 3. The molecule has 1 fully saturated rings. The van der Waals surface area contributed by atoms with Crippen molar-refractivity contribution in [2.45, 2.75) is 19.8 Å². The minimum atomic E-state index is -0.665. The van der Waals surface area contributed by atoms with Crippen LogP contribution >= 0.6 is 15.9 Å². The van der Waals surface area contributed by atoms with Crippen LogP contribution in [0.3, 0.4) is 0 Å². The SMILES string of the molecule is CC1=CC[C@H]2C(=O)N(c3cccc(C(=O)Nc4ccc(C(=O)OCC(=O)c5ccc(Br)cc5)cc4)c3)C(=O)[C@@H]2C1. The molecule has 2 aliphatic rings. The third-order valence-electron chi connectivity index (χ3n) is 7.07. The fourth-order valence-corrected chi connectivity index (χ4v) is 5.17. The first-order valence-corrected chi connectivity index (χ1v) is 13.5. The van der Waals surface area contributed by atoms with Gasteiger partial charge in [0.25, 0.3) is 5.91 Å². The molecule has 2 atom stereocenters. The number of carbonyl (C=O) groups is 5. The van der Waals surface area contributed by atoms with Crippen LogP contribution in [0.15, 0.2) is 88.9 Å². The monoisotopic (exact) mass is 600 g/mol. The van der Waals surface area contributed by atoms with Gasteiger partial charge in [-0.2, -0.15) is 0 Å². The molecular weight excluding hydrogens is 576 g/mol. The van der Waals surface area contributed by atoms with E-state index in [0.29, 0.717) is 29.8 Å². The molecule has 0 aromatic heterocycles. The Hall–Kier alpha value is -4.37. The Morgan fingerprint density at radius 1 is 0.900 bits per heavy atom. The van der Waals surface area contributed by atoms with E-state index in [4.69, 9.17) is 4.74 Å². The predicted molar refractivity (Wildman–Crippen MR) is 152 cm³/mol. The van der Waals surface area contributed by atoms with Crippen LogP contribution in [-0.2, 0) is 14.3 Å². The van der Waals surface area contributed by atoms with Gasteiger partial charge in [-0.15, -0.1) is 0 Å². The van der Waals surface area contributed by atoms with Crippen molar-refractivity contribution >= 4 is 56.8 Å². The summed E-state index contributed by atoms with van der Waals surface area (Å²) in [5.41, 5.74) is 2.83. The van der Waals surface area contributed by atoms with Crippen molar-refractivity contribution in [1.29, 1.82) is 0 Å². The summed E-state index contributed by atoms with van der Waals surface area (Å²) in [6.45, 7) is 1.57. The molecule has 3 aromatic carbocycles. The number of nitrogens with zero attached hydrogens (tertiary/aromatic N) is 1. The largest absolute Gasteiger partial charge is 0.454 e. The molecular formula is C31H25BrN2O6. The Balaban J connectivity index is 1.20. The van der Waals surface area contributed by atoms with E-state index in [0.717, 1.165) is 10.0 Å². The molecule has 0 bridgehead atoms. The van der Waals surface area contributed by atoms with Crippen LogP contribution in [-0.4, -0.2) is 36.1 Å². The summed E-state index contributed by atoms with van der Waals surface area (Å²) < 4.78 is 5.97. The fraction of sp³-hybridized carbons (Fsp3) is 0.194. The van der Waals surface area contributed by atoms with E-state index in [1.807, 2.05) is 13.0 Å². The topological polar surface area (TPSA) is 110 Å². The van der Waals surface area contributed by atoms with Gasteiger partial charge in [0, 0.05) is 21.3 Å². The number of nitrogens with one attached hydrogen (secondary N) is 1. The number of hydrogen-bond acceptors (Lipinski definition) is 6. The van der Waals surface area contributed by atoms with Crippen LogP contribution in [0, 0.1) is 11.8 Å². The molecule has 0 spiro atoms. The number of anilines is 2. The smallest absolute Gasteiger partial charge is 0.338 e. The van der Waals surface area contributed by atoms with Crippen molar-refractivity contribution in [1.82, 2.24) is 0 Å². The highest BCUT2D eigenvalue weighted by Gasteiger charge is 2.48. The lowest BCUT2D eigenvalue weighted by molar-refractivity contribution is -0.122. The number of ketones is 1. The third kappa shape index (κ3) is 5.65. The minimum Gasteiger partial charge on any atom is -0.454 e. The number of ether oxygens (including phenoxy) is 1. The number of benzene rings is 3. The molecule has 1 aliphatic carbocycles. The van der Waals surface area contributed by atoms with Gasteiger partial charge in [0.15, 0.2) is 12.4 Å². The van der Waals surface area contributed by atoms with Crippen molar-refractivity contribution in [3.8, 4) is 0 Å². The molecule has 1 saturated heterocycles. The number of Topliss-reactive ketones (excluding diaryl/α,β-unsaturated/α-hetero) is 1. The van der Waals surface area contributed by atoms with Crippen LogP contribution in [0.1, 0.15) is 50.8 Å². The first kappa shape index (κ1) is 27.2. The normalized spacial score (nSPS) is 18.1. The highest BCUT2D eigenvalue weighted by atomic mass is 79.9. The predicted octanol–water partition coefficient (Wildman–Crippen LogP) is 5.59. The second-order valence-electron chi connectivity index (χ2n) is 9.80. The Morgan fingerprint density at radius 2 is 1.57 bits per heavy atom. The Bertz CT molecular complexity index is 1540. The van der Waals surface area contributed by atoms with Gasteiger partial charge in [0.1, 0.15) is 0 Å². The number of esters is 1. The zero-order valence-electron chi connectivity index (χ0n) is 21.6. The van der Waals surface area contributed by atoms with Gasteiger partial charge in [-0.3, -0.25) is 24.1 Å². The van der Waals surface area contributed by atoms with E-state index < -0.39 is 18.5 Å². The molecule has 0 radical (unpaired) electrons. The summed E-state index contributed by atoms with van der Waals surface area (Å²) in [6.07, 6.45) is 3.12. The van der Waals surface area contributed by atoms with Gasteiger partial charge in [0.2, 0.25) is 11.8 Å². The molecule has 0 unspecified atom stereocenters. The van der Waals surface area contributed by atoms with Crippen LogP contribution in [0.5, 0.6) is 0 Å². The van der Waals surface area contributed by atoms with Crippen molar-refractivity contribution in [3.05, 3.63) is 106 Å². The van der Waals surface area contributed by atoms with E-state index in [1.165, 1.54) is 23.1 Å². The first-order valence-electron chi connectivity index (χ1n) is 12.7. The van der Waals surface area contributed by atoms with Gasteiger partial charge in [-0.05, 0) is 74.4 Å². The van der Waals surface area contributed by atoms with E-state index in [-0.39, 0.29) is 40.6 Å². The number of rotatable bonds is 7. The molecule has 1 N–H and O–H groups in total. The minimum absolute atomic E-state index is 0.223. The molecule has 3 aromatic rings. The summed E-state index contributed by atoms with van der Waals surface area (Å²) in [6, 6.07) is 19.2. The molecule has 202 valence electrons. The Kier molecular flexibility index (Phi) is 7.75. The average molecular weight is 601 g/mol. The zero-order chi connectivity index (χ0) is 28.4. The molecule has 40 heavy (non-hydrogen) atoms. The van der Waals surface area contributed by atoms with Gasteiger partial charge < -0.3 is 10.1 Å². The summed E-state index contributed by atoms with van der Waals surface area (Å²) in [5, 5.41) is 2.75. The lowest BCUT2D eigenvalue weighted by Gasteiger charge is -2.18. The lowest BCUT2D eigenvalue weighted by Crippen LogP contribution is -2.31. The van der Waals surface area contributed by atoms with Gasteiger partial charge in [0.05, 0.1) is 23.1 Å². The number of carbonyl (C=O) groups excluding carboxylic acids is 5. The highest BCUT2D eigenvalue weighted by molar-refractivity contribution is 9.10. The molecule has 8 nitrogen and oxygen atoms in total. The van der Waals surface area contributed by atoms with Gasteiger partial charge >= 0.3 is 5.97 Å². The standard InChI is InChI=1S/C31H25BrN2O6/c1-18-5-14-25-26(15-18)30(38)34(29(25)37)24-4-2-3-21(16-24)28(36)33-23-12-8-20(9-13-23)31(39)40-17-27(35)19-6-10-22(32)11-7-19/h2-13,16,25-26H,14-15,17H2,1H3,(H,33,36)/t25-,26-/m1/s1. The maximum Gasteiger partial charge on any atom is 0.338 e. The van der Waals surface area contributed by atoms with Crippen molar-refractivity contribution in [2.24, 2.45) is 11.8 Å². The number of hydrogen-bond donors (Lipinski definition) is 1. The van der Waals surface area contributed by atoms with E-state index in [9.17, 15) is 24.0 Å². The van der Waals surface area contributed by atoms with Crippen LogP contribution in [0.25, 0.3) is 0 Å². The van der Waals surface area contributed by atoms with Crippen LogP contribution in [0.2, 0.25) is 0 Å². The molecule has 5 rings (SSSR count). The maximum atomic E-state index is 13.0. The van der Waals surface area contributed by atoms with E-state index in [2.05, 4.69) is 21.2 Å². The molecule has 1 aliphatic heterocycles. The summed E-state index contributed by atoms with van der Waals surface area (Å²) >= 11 is 3.30. The van der Waals surface area contributed by atoms with Crippen molar-refractivity contribution < 1.29 is 28.7 Å². The van der Waals surface area contributed by atoms with Gasteiger partial charge in [-0.25, -0.2) is 4.79 Å². The molecule has 1 heterocycles. The summed E-state index contributed by atoms with van der Waals surface area (Å²) in [7, 11) is 0. The maximum absolute atomic E-state index is 13.0. The molecule has 3 amide bonds. The quantitative estimate of drug-likeness (QED) is 0.164. The van der Waals surface area contributed by atoms with E-state index in [1.54, 1.807) is 54.6 Å². The number of halogens is 1. The van der Waals surface area contributed by atoms with Crippen LogP contribution in [0.4, 0.5) is 11.4 Å². The van der Waals surface area contributed by atoms with Crippen molar-refractivity contribution in [3.63, 3.8) is 0 Å². The Labute approximate surface area is 239 Å². The number of allylic oxidation sites excluding steroid dienone is 2. The number of imide groups is 1. The van der Waals surface area contributed by atoms with Gasteiger partial charge in [-0.1, -0.05) is 45.8 Å². The zero-order valence-corrected chi connectivity index (χ0v) is 23.1. The third-order valence-corrected chi connectivity index (χ3v) is 7.60. The Morgan fingerprint density at radius 3 is 2.30 bits per heavy atom. The summed E-state index contributed by atoms with van der Waals surface area (Å²) in [4.78, 5) is 64.8. The second-order valence-corrected chi connectivity index (χ2v) is 10.7. The van der Waals surface area contributed by atoms with Crippen LogP contribution < -0.4 is 10.2 Å². The van der Waals surface area contributed by atoms with Crippen molar-refractivity contribution in [2.75, 3.05) is 16.8 Å². The average Bonchev–Trinajstić information content (AvgIpc) is 3.20. The lowest BCUT2D eigenvalue weighted by atomic mass is 9.82. The fourth-order valence-electron chi connectivity index (χ4n) is 4.90. The number of fused-ring (bicyclic) bond motifs is 1. The molecule has 9 heteroatoms. The van der Waals surface area contributed by atoms with E-state index >= 15 is 0 Å².